The molecule has 0 atom stereocenters. The van der Waals surface area contributed by atoms with Crippen LogP contribution in [0.5, 0.6) is 0 Å². The Kier molecular flexibility index (Phi) is 7.82. The van der Waals surface area contributed by atoms with Gasteiger partial charge in [-0.15, -0.1) is 0 Å². The molecule has 0 fully saturated rings. The summed E-state index contributed by atoms with van der Waals surface area (Å²) in [5, 5.41) is 2.74. The number of ether oxygens (including phenoxy) is 1. The second-order valence-corrected chi connectivity index (χ2v) is 7.90. The van der Waals surface area contributed by atoms with Crippen LogP contribution in [-0.4, -0.2) is 34.6 Å². The lowest BCUT2D eigenvalue weighted by atomic mass is 10.1. The molecule has 0 aliphatic rings. The van der Waals surface area contributed by atoms with Gasteiger partial charge in [-0.1, -0.05) is 37.6 Å². The van der Waals surface area contributed by atoms with Crippen molar-refractivity contribution in [2.24, 2.45) is 0 Å². The Morgan fingerprint density at radius 3 is 2.22 bits per heavy atom. The first kappa shape index (κ1) is 20.9. The molecule has 2 rings (SSSR count). The Labute approximate surface area is 161 Å². The molecule has 2 aromatic carbocycles. The minimum Gasteiger partial charge on any atom is -0.383 e. The molecule has 0 saturated carbocycles. The standard InChI is InChI=1S/C20H26N2O4S/c1-3-4-16-7-11-19(12-8-16)27(24,25)22-18-9-5-17(6-10-18)15-20(23)21-13-14-26-2/h5-12,22H,3-4,13-15H2,1-2H3,(H,21,23). The molecule has 0 aliphatic heterocycles. The van der Waals surface area contributed by atoms with E-state index in [2.05, 4.69) is 17.0 Å². The Bertz CT molecular complexity index is 831. The highest BCUT2D eigenvalue weighted by Gasteiger charge is 2.14. The molecule has 27 heavy (non-hydrogen) atoms. The molecule has 7 heteroatoms. The molecule has 0 aromatic heterocycles. The number of nitrogens with one attached hydrogen (secondary N) is 2. The van der Waals surface area contributed by atoms with Gasteiger partial charge in [-0.05, 0) is 41.8 Å². The topological polar surface area (TPSA) is 84.5 Å². The number of anilines is 1. The lowest BCUT2D eigenvalue weighted by molar-refractivity contribution is -0.120. The lowest BCUT2D eigenvalue weighted by Gasteiger charge is -2.10. The van der Waals surface area contributed by atoms with Crippen LogP contribution in [0.1, 0.15) is 24.5 Å². The van der Waals surface area contributed by atoms with Crippen molar-refractivity contribution in [1.29, 1.82) is 0 Å². The summed E-state index contributed by atoms with van der Waals surface area (Å²) in [4.78, 5) is 12.0. The highest BCUT2D eigenvalue weighted by atomic mass is 32.2. The molecule has 0 heterocycles. The molecule has 0 spiro atoms. The molecule has 0 bridgehead atoms. The predicted molar refractivity (Wildman–Crippen MR) is 106 cm³/mol. The summed E-state index contributed by atoms with van der Waals surface area (Å²) in [6.07, 6.45) is 2.17. The molecule has 0 unspecified atom stereocenters. The highest BCUT2D eigenvalue weighted by molar-refractivity contribution is 7.92. The van der Waals surface area contributed by atoms with E-state index in [-0.39, 0.29) is 17.2 Å². The van der Waals surface area contributed by atoms with Crippen molar-refractivity contribution >= 4 is 21.6 Å². The Hall–Kier alpha value is -2.38. The number of hydrogen-bond acceptors (Lipinski definition) is 4. The molecule has 0 radical (unpaired) electrons. The third-order valence-electron chi connectivity index (χ3n) is 3.97. The third kappa shape index (κ3) is 6.69. The minimum atomic E-state index is -3.64. The van der Waals surface area contributed by atoms with Gasteiger partial charge in [-0.25, -0.2) is 8.42 Å². The zero-order valence-electron chi connectivity index (χ0n) is 15.7. The SMILES string of the molecule is CCCc1ccc(S(=O)(=O)Nc2ccc(CC(=O)NCCOC)cc2)cc1. The zero-order valence-corrected chi connectivity index (χ0v) is 16.5. The Balaban J connectivity index is 1.97. The molecule has 6 nitrogen and oxygen atoms in total. The van der Waals surface area contributed by atoms with Crippen LogP contribution in [-0.2, 0) is 32.4 Å². The summed E-state index contributed by atoms with van der Waals surface area (Å²) in [7, 11) is -2.06. The number of carbonyl (C=O) groups is 1. The van der Waals surface area contributed by atoms with E-state index < -0.39 is 10.0 Å². The summed E-state index contributed by atoms with van der Waals surface area (Å²) >= 11 is 0. The van der Waals surface area contributed by atoms with Gasteiger partial charge in [0.15, 0.2) is 0 Å². The second-order valence-electron chi connectivity index (χ2n) is 6.22. The number of benzene rings is 2. The fourth-order valence-electron chi connectivity index (χ4n) is 2.57. The smallest absolute Gasteiger partial charge is 0.261 e. The first-order valence-electron chi connectivity index (χ1n) is 8.91. The molecular formula is C20H26N2O4S. The van der Waals surface area contributed by atoms with E-state index in [4.69, 9.17) is 4.74 Å². The summed E-state index contributed by atoms with van der Waals surface area (Å²) < 4.78 is 32.4. The van der Waals surface area contributed by atoms with E-state index in [9.17, 15) is 13.2 Å². The van der Waals surface area contributed by atoms with Gasteiger partial charge in [0.05, 0.1) is 17.9 Å². The quantitative estimate of drug-likeness (QED) is 0.611. The molecule has 146 valence electrons. The van der Waals surface area contributed by atoms with Gasteiger partial charge in [0.25, 0.3) is 10.0 Å². The molecule has 2 N–H and O–H groups in total. The number of sulfonamides is 1. The molecule has 1 amide bonds. The molecule has 2 aromatic rings. The number of carbonyl (C=O) groups excluding carboxylic acids is 1. The van der Waals surface area contributed by atoms with Crippen molar-refractivity contribution < 1.29 is 17.9 Å². The van der Waals surface area contributed by atoms with Gasteiger partial charge < -0.3 is 10.1 Å². The fraction of sp³-hybridized carbons (Fsp3) is 0.350. The van der Waals surface area contributed by atoms with Crippen molar-refractivity contribution in [2.45, 2.75) is 31.1 Å². The number of hydrogen-bond donors (Lipinski definition) is 2. The average Bonchev–Trinajstić information content (AvgIpc) is 2.64. The van der Waals surface area contributed by atoms with Crippen LogP contribution >= 0.6 is 0 Å². The van der Waals surface area contributed by atoms with Crippen LogP contribution < -0.4 is 10.0 Å². The predicted octanol–water partition coefficient (Wildman–Crippen LogP) is 2.75. The number of aryl methyl sites for hydroxylation is 1. The van der Waals surface area contributed by atoms with E-state index in [0.29, 0.717) is 18.8 Å². The van der Waals surface area contributed by atoms with Gasteiger partial charge in [-0.3, -0.25) is 9.52 Å². The largest absolute Gasteiger partial charge is 0.383 e. The monoisotopic (exact) mass is 390 g/mol. The zero-order chi connectivity index (χ0) is 19.7. The van der Waals surface area contributed by atoms with E-state index in [1.54, 1.807) is 43.5 Å². The van der Waals surface area contributed by atoms with E-state index in [1.807, 2.05) is 12.1 Å². The number of rotatable bonds is 10. The maximum Gasteiger partial charge on any atom is 0.261 e. The van der Waals surface area contributed by atoms with Crippen LogP contribution in [0.2, 0.25) is 0 Å². The number of amides is 1. The van der Waals surface area contributed by atoms with E-state index >= 15 is 0 Å². The minimum absolute atomic E-state index is 0.104. The van der Waals surface area contributed by atoms with Gasteiger partial charge in [0.1, 0.15) is 0 Å². The first-order valence-corrected chi connectivity index (χ1v) is 10.4. The fourth-order valence-corrected chi connectivity index (χ4v) is 3.63. The van der Waals surface area contributed by atoms with Crippen molar-refractivity contribution in [2.75, 3.05) is 25.0 Å². The van der Waals surface area contributed by atoms with Gasteiger partial charge in [0, 0.05) is 19.3 Å². The van der Waals surface area contributed by atoms with Crippen molar-refractivity contribution in [1.82, 2.24) is 5.32 Å². The van der Waals surface area contributed by atoms with Gasteiger partial charge in [-0.2, -0.15) is 0 Å². The summed E-state index contributed by atoms with van der Waals surface area (Å²) in [5.74, 6) is -0.104. The summed E-state index contributed by atoms with van der Waals surface area (Å²) in [5.41, 5.74) is 2.37. The first-order chi connectivity index (χ1) is 12.9. The summed E-state index contributed by atoms with van der Waals surface area (Å²) in [6.45, 7) is 3.01. The van der Waals surface area contributed by atoms with Crippen molar-refractivity contribution in [3.63, 3.8) is 0 Å². The lowest BCUT2D eigenvalue weighted by Crippen LogP contribution is -2.28. The van der Waals surface area contributed by atoms with Gasteiger partial charge in [0.2, 0.25) is 5.91 Å². The Morgan fingerprint density at radius 1 is 1.00 bits per heavy atom. The maximum absolute atomic E-state index is 12.5. The Morgan fingerprint density at radius 2 is 1.63 bits per heavy atom. The van der Waals surface area contributed by atoms with Crippen LogP contribution in [0.4, 0.5) is 5.69 Å². The maximum atomic E-state index is 12.5. The van der Waals surface area contributed by atoms with E-state index in [0.717, 1.165) is 24.0 Å². The van der Waals surface area contributed by atoms with Crippen LogP contribution in [0.25, 0.3) is 0 Å². The van der Waals surface area contributed by atoms with Crippen LogP contribution in [0.15, 0.2) is 53.4 Å². The molecule has 0 aliphatic carbocycles. The van der Waals surface area contributed by atoms with E-state index in [1.165, 1.54) is 0 Å². The van der Waals surface area contributed by atoms with Crippen molar-refractivity contribution in [3.8, 4) is 0 Å². The van der Waals surface area contributed by atoms with Gasteiger partial charge >= 0.3 is 0 Å². The second kappa shape index (κ2) is 10.1. The normalized spacial score (nSPS) is 11.2. The summed E-state index contributed by atoms with van der Waals surface area (Å²) in [6, 6.07) is 13.7. The average molecular weight is 391 g/mol. The van der Waals surface area contributed by atoms with Crippen molar-refractivity contribution in [3.05, 3.63) is 59.7 Å². The number of methoxy groups -OCH3 is 1. The van der Waals surface area contributed by atoms with Crippen LogP contribution in [0.3, 0.4) is 0 Å². The van der Waals surface area contributed by atoms with Crippen LogP contribution in [0, 0.1) is 0 Å². The third-order valence-corrected chi connectivity index (χ3v) is 5.37. The molecular weight excluding hydrogens is 364 g/mol. The molecule has 0 saturated heterocycles. The highest BCUT2D eigenvalue weighted by Crippen LogP contribution is 2.18.